The van der Waals surface area contributed by atoms with E-state index < -0.39 is 0 Å². The molecule has 0 unspecified atom stereocenters. The minimum atomic E-state index is 0.106. The third-order valence-electron chi connectivity index (χ3n) is 3.97. The van der Waals surface area contributed by atoms with Crippen molar-refractivity contribution >= 4 is 27.5 Å². The van der Waals surface area contributed by atoms with Crippen molar-refractivity contribution in [1.29, 1.82) is 0 Å². The van der Waals surface area contributed by atoms with E-state index in [2.05, 4.69) is 4.98 Å². The zero-order valence-electron chi connectivity index (χ0n) is 12.6. The lowest BCUT2D eigenvalue weighted by Crippen LogP contribution is -2.27. The van der Waals surface area contributed by atoms with Crippen LogP contribution < -0.4 is 4.74 Å². The average Bonchev–Trinajstić information content (AvgIpc) is 3.24. The Bertz CT molecular complexity index is 803. The van der Waals surface area contributed by atoms with Gasteiger partial charge in [0.15, 0.2) is 0 Å². The molecule has 4 nitrogen and oxygen atoms in total. The predicted octanol–water partition coefficient (Wildman–Crippen LogP) is 4.32. The number of rotatable bonds is 3. The second-order valence-corrected chi connectivity index (χ2v) is 6.57. The molecule has 1 saturated heterocycles. The van der Waals surface area contributed by atoms with Crippen LogP contribution in [-0.2, 0) is 0 Å². The fraction of sp³-hybridized carbons (Fsp3) is 0.222. The highest BCUT2D eigenvalue weighted by atomic mass is 32.1. The highest BCUT2D eigenvalue weighted by molar-refractivity contribution is 7.20. The molecule has 23 heavy (non-hydrogen) atoms. The van der Waals surface area contributed by atoms with Gasteiger partial charge in [-0.25, -0.2) is 4.98 Å². The van der Waals surface area contributed by atoms with E-state index in [-0.39, 0.29) is 5.91 Å². The minimum absolute atomic E-state index is 0.106. The molecule has 3 aromatic rings. The summed E-state index contributed by atoms with van der Waals surface area (Å²) in [6, 6.07) is 15.2. The first-order valence-electron chi connectivity index (χ1n) is 7.72. The molecule has 0 N–H and O–H groups in total. The van der Waals surface area contributed by atoms with Crippen molar-refractivity contribution < 1.29 is 9.53 Å². The van der Waals surface area contributed by atoms with Crippen LogP contribution in [0.5, 0.6) is 10.9 Å². The van der Waals surface area contributed by atoms with Gasteiger partial charge in [-0.2, -0.15) is 0 Å². The van der Waals surface area contributed by atoms with Crippen LogP contribution >= 0.6 is 11.3 Å². The van der Waals surface area contributed by atoms with Crippen molar-refractivity contribution in [3.8, 4) is 10.9 Å². The van der Waals surface area contributed by atoms with Crippen molar-refractivity contribution in [1.82, 2.24) is 9.88 Å². The quantitative estimate of drug-likeness (QED) is 0.720. The molecule has 1 fully saturated rings. The smallest absolute Gasteiger partial charge is 0.279 e. The number of benzene rings is 2. The zero-order chi connectivity index (χ0) is 15.6. The predicted molar refractivity (Wildman–Crippen MR) is 91.3 cm³/mol. The molecule has 0 saturated carbocycles. The SMILES string of the molecule is O=C(c1ccc(Oc2nc3ccccc3s2)cc1)N1CCCC1. The Morgan fingerprint density at radius 2 is 1.78 bits per heavy atom. The van der Waals surface area contributed by atoms with Gasteiger partial charge in [-0.05, 0) is 49.2 Å². The van der Waals surface area contributed by atoms with E-state index in [1.807, 2.05) is 53.4 Å². The van der Waals surface area contributed by atoms with Crippen molar-refractivity contribution in [3.63, 3.8) is 0 Å². The molecular formula is C18H16N2O2S. The Morgan fingerprint density at radius 3 is 2.52 bits per heavy atom. The summed E-state index contributed by atoms with van der Waals surface area (Å²) in [6.45, 7) is 1.73. The summed E-state index contributed by atoms with van der Waals surface area (Å²) in [7, 11) is 0. The van der Waals surface area contributed by atoms with Gasteiger partial charge in [0.25, 0.3) is 11.1 Å². The number of fused-ring (bicyclic) bond motifs is 1. The molecule has 0 radical (unpaired) electrons. The maximum Gasteiger partial charge on any atom is 0.279 e. The van der Waals surface area contributed by atoms with Crippen LogP contribution in [0.3, 0.4) is 0 Å². The first-order valence-corrected chi connectivity index (χ1v) is 8.54. The number of carbonyl (C=O) groups is 1. The Balaban J connectivity index is 1.50. The Labute approximate surface area is 138 Å². The zero-order valence-corrected chi connectivity index (χ0v) is 13.4. The number of carbonyl (C=O) groups excluding carboxylic acids is 1. The van der Waals surface area contributed by atoms with E-state index in [0.717, 1.165) is 36.1 Å². The van der Waals surface area contributed by atoms with Gasteiger partial charge in [0, 0.05) is 18.7 Å². The lowest BCUT2D eigenvalue weighted by molar-refractivity contribution is 0.0793. The lowest BCUT2D eigenvalue weighted by Gasteiger charge is -2.15. The number of thiazole rings is 1. The Hall–Kier alpha value is -2.40. The summed E-state index contributed by atoms with van der Waals surface area (Å²) in [5.41, 5.74) is 1.65. The van der Waals surface area contributed by atoms with Gasteiger partial charge in [-0.3, -0.25) is 4.79 Å². The monoisotopic (exact) mass is 324 g/mol. The third kappa shape index (κ3) is 2.92. The van der Waals surface area contributed by atoms with Crippen LogP contribution in [0, 0.1) is 0 Å². The number of amides is 1. The lowest BCUT2D eigenvalue weighted by atomic mass is 10.2. The fourth-order valence-electron chi connectivity index (χ4n) is 2.76. The van der Waals surface area contributed by atoms with Crippen molar-refractivity contribution in [3.05, 3.63) is 54.1 Å². The molecule has 4 rings (SSSR count). The number of nitrogens with zero attached hydrogens (tertiary/aromatic N) is 2. The van der Waals surface area contributed by atoms with Gasteiger partial charge in [-0.15, -0.1) is 0 Å². The molecule has 5 heteroatoms. The second kappa shape index (κ2) is 6.01. The van der Waals surface area contributed by atoms with Gasteiger partial charge in [0.1, 0.15) is 5.75 Å². The molecule has 116 valence electrons. The molecule has 1 aliphatic rings. The molecule has 0 atom stereocenters. The fourth-order valence-corrected chi connectivity index (χ4v) is 3.60. The first kappa shape index (κ1) is 14.2. The van der Waals surface area contributed by atoms with Gasteiger partial charge in [0.05, 0.1) is 10.2 Å². The van der Waals surface area contributed by atoms with E-state index in [0.29, 0.717) is 16.5 Å². The highest BCUT2D eigenvalue weighted by Gasteiger charge is 2.19. The van der Waals surface area contributed by atoms with Gasteiger partial charge in [-0.1, -0.05) is 23.5 Å². The number of para-hydroxylation sites is 1. The molecule has 0 bridgehead atoms. The standard InChI is InChI=1S/C18H16N2O2S/c21-17(20-11-3-4-12-20)13-7-9-14(10-8-13)22-18-19-15-5-1-2-6-16(15)23-18/h1-2,5-10H,3-4,11-12H2. The number of ether oxygens (including phenoxy) is 1. The van der Waals surface area contributed by atoms with E-state index >= 15 is 0 Å². The molecule has 2 heterocycles. The van der Waals surface area contributed by atoms with Crippen LogP contribution in [0.1, 0.15) is 23.2 Å². The number of likely N-dealkylation sites (tertiary alicyclic amines) is 1. The minimum Gasteiger partial charge on any atom is -0.431 e. The van der Waals surface area contributed by atoms with E-state index in [1.54, 1.807) is 0 Å². The van der Waals surface area contributed by atoms with E-state index in [9.17, 15) is 4.79 Å². The molecular weight excluding hydrogens is 308 g/mol. The maximum absolute atomic E-state index is 12.3. The first-order chi connectivity index (χ1) is 11.3. The maximum atomic E-state index is 12.3. The average molecular weight is 324 g/mol. The molecule has 0 spiro atoms. The topological polar surface area (TPSA) is 42.4 Å². The summed E-state index contributed by atoms with van der Waals surface area (Å²) >= 11 is 1.51. The summed E-state index contributed by atoms with van der Waals surface area (Å²) in [4.78, 5) is 18.7. The van der Waals surface area contributed by atoms with Crippen molar-refractivity contribution in [2.24, 2.45) is 0 Å². The number of hydrogen-bond acceptors (Lipinski definition) is 4. The summed E-state index contributed by atoms with van der Waals surface area (Å²) in [6.07, 6.45) is 2.20. The number of hydrogen-bond donors (Lipinski definition) is 0. The summed E-state index contributed by atoms with van der Waals surface area (Å²) in [5.74, 6) is 0.802. The Kier molecular flexibility index (Phi) is 3.71. The van der Waals surface area contributed by atoms with E-state index in [1.165, 1.54) is 11.3 Å². The normalized spacial score (nSPS) is 14.3. The molecule has 1 amide bonds. The summed E-state index contributed by atoms with van der Waals surface area (Å²) < 4.78 is 6.91. The number of aromatic nitrogens is 1. The molecule has 2 aromatic carbocycles. The molecule has 1 aliphatic heterocycles. The molecule has 0 aliphatic carbocycles. The van der Waals surface area contributed by atoms with Crippen LogP contribution in [0.15, 0.2) is 48.5 Å². The van der Waals surface area contributed by atoms with E-state index in [4.69, 9.17) is 4.74 Å². The van der Waals surface area contributed by atoms with Crippen LogP contribution in [0.4, 0.5) is 0 Å². The largest absolute Gasteiger partial charge is 0.431 e. The molecule has 1 aromatic heterocycles. The van der Waals surface area contributed by atoms with Crippen molar-refractivity contribution in [2.45, 2.75) is 12.8 Å². The third-order valence-corrected chi connectivity index (χ3v) is 4.89. The van der Waals surface area contributed by atoms with Gasteiger partial charge in [0.2, 0.25) is 0 Å². The van der Waals surface area contributed by atoms with Crippen molar-refractivity contribution in [2.75, 3.05) is 13.1 Å². The Morgan fingerprint density at radius 1 is 1.04 bits per heavy atom. The van der Waals surface area contributed by atoms with Crippen LogP contribution in [-0.4, -0.2) is 28.9 Å². The summed E-state index contributed by atoms with van der Waals surface area (Å²) in [5, 5.41) is 0.616. The van der Waals surface area contributed by atoms with Crippen LogP contribution in [0.2, 0.25) is 0 Å². The van der Waals surface area contributed by atoms with Crippen LogP contribution in [0.25, 0.3) is 10.2 Å². The second-order valence-electron chi connectivity index (χ2n) is 5.57. The highest BCUT2D eigenvalue weighted by Crippen LogP contribution is 2.31. The van der Waals surface area contributed by atoms with Gasteiger partial charge < -0.3 is 9.64 Å². The van der Waals surface area contributed by atoms with Gasteiger partial charge >= 0.3 is 0 Å².